The third-order valence-electron chi connectivity index (χ3n) is 5.94. The Balaban J connectivity index is 1.48. The summed E-state index contributed by atoms with van der Waals surface area (Å²) in [6.07, 6.45) is 0.636. The summed E-state index contributed by atoms with van der Waals surface area (Å²) in [4.78, 5) is 0.195. The van der Waals surface area contributed by atoms with E-state index in [1.165, 1.54) is 0 Å². The van der Waals surface area contributed by atoms with Crippen LogP contribution in [0.3, 0.4) is 0 Å². The molecule has 4 aromatic rings. The summed E-state index contributed by atoms with van der Waals surface area (Å²) < 4.78 is 34.0. The molecule has 0 fully saturated rings. The quantitative estimate of drug-likeness (QED) is 0.358. The fourth-order valence-electron chi connectivity index (χ4n) is 4.15. The molecule has 0 bridgehead atoms. The number of hydrogen-bond donors (Lipinski definition) is 1. The molecule has 4 aromatic carbocycles. The van der Waals surface area contributed by atoms with Crippen molar-refractivity contribution in [3.05, 3.63) is 120 Å². The maximum Gasteiger partial charge on any atom is 0.261 e. The SMILES string of the molecule is COc1ccc(C2CC(c3cccc(S(=O)(=O)Nc4ccccc4)c3)=NN2c2ccccc2)cc1. The van der Waals surface area contributed by atoms with Gasteiger partial charge in [0.25, 0.3) is 10.0 Å². The van der Waals surface area contributed by atoms with E-state index in [1.807, 2.05) is 71.7 Å². The van der Waals surface area contributed by atoms with E-state index in [0.717, 1.165) is 28.3 Å². The van der Waals surface area contributed by atoms with Crippen molar-refractivity contribution in [1.82, 2.24) is 0 Å². The van der Waals surface area contributed by atoms with Crippen molar-refractivity contribution in [1.29, 1.82) is 0 Å². The number of para-hydroxylation sites is 2. The van der Waals surface area contributed by atoms with Gasteiger partial charge in [-0.3, -0.25) is 9.73 Å². The normalized spacial score (nSPS) is 15.5. The van der Waals surface area contributed by atoms with Crippen molar-refractivity contribution in [2.45, 2.75) is 17.4 Å². The molecule has 0 radical (unpaired) electrons. The van der Waals surface area contributed by atoms with Crippen LogP contribution >= 0.6 is 0 Å². The molecule has 0 aromatic heterocycles. The van der Waals surface area contributed by atoms with Gasteiger partial charge in [0, 0.05) is 12.1 Å². The van der Waals surface area contributed by atoms with E-state index >= 15 is 0 Å². The standard InChI is InChI=1S/C28H25N3O3S/c1-34-25-17-15-21(16-18-25)28-20-27(29-31(28)24-12-6-3-7-13-24)22-9-8-14-26(19-22)35(32,33)30-23-10-4-2-5-11-23/h2-19,28,30H,20H2,1H3. The van der Waals surface area contributed by atoms with Gasteiger partial charge in [-0.1, -0.05) is 60.7 Å². The number of nitrogens with one attached hydrogen (secondary N) is 1. The highest BCUT2D eigenvalue weighted by Crippen LogP contribution is 2.37. The fourth-order valence-corrected chi connectivity index (χ4v) is 5.26. The Morgan fingerprint density at radius 1 is 0.857 bits per heavy atom. The van der Waals surface area contributed by atoms with Crippen LogP contribution in [0.25, 0.3) is 0 Å². The second-order valence-electron chi connectivity index (χ2n) is 8.22. The Labute approximate surface area is 205 Å². The third-order valence-corrected chi connectivity index (χ3v) is 7.31. The summed E-state index contributed by atoms with van der Waals surface area (Å²) in [5.74, 6) is 0.794. The number of methoxy groups -OCH3 is 1. The van der Waals surface area contributed by atoms with Gasteiger partial charge in [0.2, 0.25) is 0 Å². The van der Waals surface area contributed by atoms with Gasteiger partial charge in [-0.2, -0.15) is 5.10 Å². The first-order valence-electron chi connectivity index (χ1n) is 11.3. The molecule has 0 saturated carbocycles. The van der Waals surface area contributed by atoms with Crippen LogP contribution in [0.15, 0.2) is 119 Å². The monoisotopic (exact) mass is 483 g/mol. The first-order chi connectivity index (χ1) is 17.0. The summed E-state index contributed by atoms with van der Waals surface area (Å²) in [7, 11) is -2.09. The van der Waals surface area contributed by atoms with E-state index in [2.05, 4.69) is 4.72 Å². The minimum Gasteiger partial charge on any atom is -0.497 e. The molecule has 0 amide bonds. The number of ether oxygens (including phenoxy) is 1. The summed E-state index contributed by atoms with van der Waals surface area (Å²) >= 11 is 0. The molecule has 1 aliphatic heterocycles. The molecule has 7 heteroatoms. The van der Waals surface area contributed by atoms with E-state index in [1.54, 1.807) is 49.6 Å². The lowest BCUT2D eigenvalue weighted by Gasteiger charge is -2.24. The smallest absolute Gasteiger partial charge is 0.261 e. The lowest BCUT2D eigenvalue weighted by atomic mass is 9.98. The Hall–Kier alpha value is -4.10. The van der Waals surface area contributed by atoms with Crippen LogP contribution in [0.1, 0.15) is 23.6 Å². The molecule has 176 valence electrons. The predicted octanol–water partition coefficient (Wildman–Crippen LogP) is 5.85. The Kier molecular flexibility index (Phi) is 6.25. The van der Waals surface area contributed by atoms with Crippen molar-refractivity contribution in [2.75, 3.05) is 16.8 Å². The molecular weight excluding hydrogens is 458 g/mol. The highest BCUT2D eigenvalue weighted by molar-refractivity contribution is 7.92. The van der Waals surface area contributed by atoms with Gasteiger partial charge < -0.3 is 4.74 Å². The maximum atomic E-state index is 13.0. The Morgan fingerprint density at radius 2 is 1.54 bits per heavy atom. The Morgan fingerprint density at radius 3 is 2.23 bits per heavy atom. The first-order valence-corrected chi connectivity index (χ1v) is 12.8. The summed E-state index contributed by atoms with van der Waals surface area (Å²) in [5.41, 5.74) is 4.19. The molecule has 35 heavy (non-hydrogen) atoms. The number of hydrogen-bond acceptors (Lipinski definition) is 5. The summed E-state index contributed by atoms with van der Waals surface area (Å²) in [6.45, 7) is 0. The molecule has 5 rings (SSSR count). The average Bonchev–Trinajstić information content (AvgIpc) is 3.35. The number of hydrazone groups is 1. The second-order valence-corrected chi connectivity index (χ2v) is 9.90. The number of benzene rings is 4. The minimum absolute atomic E-state index is 0.0268. The largest absolute Gasteiger partial charge is 0.497 e. The van der Waals surface area contributed by atoms with Gasteiger partial charge in [0.15, 0.2) is 0 Å². The first kappa shape index (κ1) is 22.7. The third kappa shape index (κ3) is 4.90. The topological polar surface area (TPSA) is 71.0 Å². The van der Waals surface area contributed by atoms with E-state index < -0.39 is 10.0 Å². The van der Waals surface area contributed by atoms with Crippen molar-refractivity contribution in [2.24, 2.45) is 5.10 Å². The fraction of sp³-hybridized carbons (Fsp3) is 0.107. The van der Waals surface area contributed by atoms with Gasteiger partial charge >= 0.3 is 0 Å². The van der Waals surface area contributed by atoms with E-state index in [4.69, 9.17) is 9.84 Å². The molecule has 1 aliphatic rings. The second kappa shape index (κ2) is 9.64. The lowest BCUT2D eigenvalue weighted by molar-refractivity contribution is 0.414. The highest BCUT2D eigenvalue weighted by atomic mass is 32.2. The molecule has 1 unspecified atom stereocenters. The molecule has 6 nitrogen and oxygen atoms in total. The number of rotatable bonds is 7. The van der Waals surface area contributed by atoms with Crippen molar-refractivity contribution in [3.63, 3.8) is 0 Å². The van der Waals surface area contributed by atoms with Gasteiger partial charge in [0.1, 0.15) is 5.75 Å². The van der Waals surface area contributed by atoms with Crippen LogP contribution in [0.5, 0.6) is 5.75 Å². The Bertz CT molecular complexity index is 1440. The van der Waals surface area contributed by atoms with Gasteiger partial charge in [0.05, 0.1) is 29.4 Å². The number of sulfonamides is 1. The van der Waals surface area contributed by atoms with Gasteiger partial charge in [-0.05, 0) is 59.7 Å². The number of nitrogens with zero attached hydrogens (tertiary/aromatic N) is 2. The molecular formula is C28H25N3O3S. The zero-order valence-electron chi connectivity index (χ0n) is 19.2. The van der Waals surface area contributed by atoms with Crippen LogP contribution in [0.4, 0.5) is 11.4 Å². The highest BCUT2D eigenvalue weighted by Gasteiger charge is 2.30. The van der Waals surface area contributed by atoms with E-state index in [-0.39, 0.29) is 10.9 Å². The number of anilines is 2. The van der Waals surface area contributed by atoms with Crippen LogP contribution in [0.2, 0.25) is 0 Å². The predicted molar refractivity (Wildman–Crippen MR) is 140 cm³/mol. The zero-order chi connectivity index (χ0) is 24.3. The molecule has 1 atom stereocenters. The van der Waals surface area contributed by atoms with Crippen molar-refractivity contribution in [3.8, 4) is 5.75 Å². The molecule has 1 N–H and O–H groups in total. The molecule has 0 saturated heterocycles. The molecule has 1 heterocycles. The van der Waals surface area contributed by atoms with Crippen molar-refractivity contribution >= 4 is 27.1 Å². The van der Waals surface area contributed by atoms with Crippen LogP contribution in [-0.2, 0) is 10.0 Å². The molecule has 0 aliphatic carbocycles. The van der Waals surface area contributed by atoms with E-state index in [0.29, 0.717) is 12.1 Å². The summed E-state index contributed by atoms with van der Waals surface area (Å²) in [5, 5.41) is 6.94. The maximum absolute atomic E-state index is 13.0. The van der Waals surface area contributed by atoms with E-state index in [9.17, 15) is 8.42 Å². The lowest BCUT2D eigenvalue weighted by Crippen LogP contribution is -2.18. The van der Waals surface area contributed by atoms with Crippen molar-refractivity contribution < 1.29 is 13.2 Å². The van der Waals surface area contributed by atoms with Gasteiger partial charge in [-0.15, -0.1) is 0 Å². The summed E-state index contributed by atoms with van der Waals surface area (Å²) in [6, 6.07) is 33.7. The van der Waals surface area contributed by atoms with Crippen LogP contribution in [0, 0.1) is 0 Å². The van der Waals surface area contributed by atoms with Crippen LogP contribution < -0.4 is 14.5 Å². The van der Waals surface area contributed by atoms with Crippen LogP contribution in [-0.4, -0.2) is 21.2 Å². The molecule has 0 spiro atoms. The van der Waals surface area contributed by atoms with Gasteiger partial charge in [-0.25, -0.2) is 8.42 Å². The minimum atomic E-state index is -3.74. The zero-order valence-corrected chi connectivity index (χ0v) is 20.0. The average molecular weight is 484 g/mol.